The van der Waals surface area contributed by atoms with Crippen molar-refractivity contribution in [1.29, 1.82) is 0 Å². The first kappa shape index (κ1) is 19.9. The van der Waals surface area contributed by atoms with Crippen LogP contribution in [0.3, 0.4) is 0 Å². The lowest BCUT2D eigenvalue weighted by atomic mass is 9.89. The molecule has 2 aromatic carbocycles. The number of carboxylic acids is 1. The quantitative estimate of drug-likeness (QED) is 0.705. The molecule has 0 unspecified atom stereocenters. The standard InChI is InChI=1S/C23H27NO4/c1-17-8-7-11-19(14-17)28-13-6-5-12-22(25)24-15-20(21(16-24)23(26)27)18-9-3-2-4-10-18/h2-4,7-11,14,20-21H,5-6,12-13,15-16H2,1H3,(H,26,27)/t20-,21-/m0/s1. The van der Waals surface area contributed by atoms with Gasteiger partial charge in [0, 0.05) is 25.4 Å². The van der Waals surface area contributed by atoms with E-state index >= 15 is 0 Å². The SMILES string of the molecule is Cc1cccc(OCCCCC(=O)N2C[C@H](C(=O)O)[C@H](c3ccccc3)C2)c1. The Bertz CT molecular complexity index is 805. The summed E-state index contributed by atoms with van der Waals surface area (Å²) in [4.78, 5) is 25.9. The first-order valence-corrected chi connectivity index (χ1v) is 9.79. The molecule has 0 aromatic heterocycles. The first-order chi connectivity index (χ1) is 13.5. The van der Waals surface area contributed by atoms with E-state index in [2.05, 4.69) is 0 Å². The predicted molar refractivity (Wildman–Crippen MR) is 107 cm³/mol. The second-order valence-electron chi connectivity index (χ2n) is 7.38. The van der Waals surface area contributed by atoms with Crippen LogP contribution in [0, 0.1) is 12.8 Å². The molecule has 1 fully saturated rings. The van der Waals surface area contributed by atoms with Gasteiger partial charge in [-0.25, -0.2) is 0 Å². The Hall–Kier alpha value is -2.82. The number of ether oxygens (including phenoxy) is 1. The fourth-order valence-corrected chi connectivity index (χ4v) is 3.73. The van der Waals surface area contributed by atoms with Crippen LogP contribution in [0.2, 0.25) is 0 Å². The van der Waals surface area contributed by atoms with Crippen LogP contribution < -0.4 is 4.74 Å². The summed E-state index contributed by atoms with van der Waals surface area (Å²) in [7, 11) is 0. The molecule has 0 aliphatic carbocycles. The number of amides is 1. The number of rotatable bonds is 8. The molecule has 148 valence electrons. The summed E-state index contributed by atoms with van der Waals surface area (Å²) in [5.41, 5.74) is 2.14. The number of likely N-dealkylation sites (tertiary alicyclic amines) is 1. The third-order valence-corrected chi connectivity index (χ3v) is 5.26. The van der Waals surface area contributed by atoms with Crippen molar-refractivity contribution in [2.24, 2.45) is 5.92 Å². The van der Waals surface area contributed by atoms with Gasteiger partial charge in [-0.05, 0) is 43.0 Å². The summed E-state index contributed by atoms with van der Waals surface area (Å²) in [6, 6.07) is 17.5. The van der Waals surface area contributed by atoms with E-state index in [1.165, 1.54) is 0 Å². The second-order valence-corrected chi connectivity index (χ2v) is 7.38. The fraction of sp³-hybridized carbons (Fsp3) is 0.391. The molecule has 1 saturated heterocycles. The maximum atomic E-state index is 12.6. The van der Waals surface area contributed by atoms with Crippen molar-refractivity contribution in [2.75, 3.05) is 19.7 Å². The number of benzene rings is 2. The fourth-order valence-electron chi connectivity index (χ4n) is 3.73. The minimum atomic E-state index is -0.837. The highest BCUT2D eigenvalue weighted by molar-refractivity contribution is 5.79. The molecule has 0 radical (unpaired) electrons. The van der Waals surface area contributed by atoms with E-state index in [0.29, 0.717) is 19.6 Å². The molecule has 1 N–H and O–H groups in total. The Morgan fingerprint density at radius 3 is 2.57 bits per heavy atom. The average Bonchev–Trinajstić information content (AvgIpc) is 3.14. The van der Waals surface area contributed by atoms with E-state index in [1.807, 2.05) is 61.5 Å². The number of aryl methyl sites for hydroxylation is 1. The highest BCUT2D eigenvalue weighted by Gasteiger charge is 2.40. The van der Waals surface area contributed by atoms with E-state index in [1.54, 1.807) is 4.90 Å². The van der Waals surface area contributed by atoms with Crippen LogP contribution in [-0.4, -0.2) is 41.6 Å². The van der Waals surface area contributed by atoms with Crippen LogP contribution in [0.5, 0.6) is 5.75 Å². The average molecular weight is 381 g/mol. The van der Waals surface area contributed by atoms with Gasteiger partial charge < -0.3 is 14.7 Å². The predicted octanol–water partition coefficient (Wildman–Crippen LogP) is 3.87. The molecule has 5 nitrogen and oxygen atoms in total. The maximum Gasteiger partial charge on any atom is 0.308 e. The summed E-state index contributed by atoms with van der Waals surface area (Å²) < 4.78 is 5.71. The zero-order chi connectivity index (χ0) is 19.9. The number of aliphatic carboxylic acids is 1. The van der Waals surface area contributed by atoms with Crippen LogP contribution in [-0.2, 0) is 9.59 Å². The molecule has 2 aromatic rings. The van der Waals surface area contributed by atoms with Gasteiger partial charge in [0.15, 0.2) is 0 Å². The monoisotopic (exact) mass is 381 g/mol. The Labute approximate surface area is 165 Å². The van der Waals surface area contributed by atoms with Crippen LogP contribution in [0.25, 0.3) is 0 Å². The van der Waals surface area contributed by atoms with Gasteiger partial charge in [-0.15, -0.1) is 0 Å². The number of hydrogen-bond acceptors (Lipinski definition) is 3. The minimum Gasteiger partial charge on any atom is -0.494 e. The van der Waals surface area contributed by atoms with Crippen molar-refractivity contribution in [2.45, 2.75) is 32.1 Å². The molecule has 28 heavy (non-hydrogen) atoms. The van der Waals surface area contributed by atoms with Crippen molar-refractivity contribution in [3.8, 4) is 5.75 Å². The van der Waals surface area contributed by atoms with Crippen molar-refractivity contribution < 1.29 is 19.4 Å². The minimum absolute atomic E-state index is 0.0280. The summed E-state index contributed by atoms with van der Waals surface area (Å²) in [5.74, 6) is -0.653. The zero-order valence-electron chi connectivity index (χ0n) is 16.2. The first-order valence-electron chi connectivity index (χ1n) is 9.79. The smallest absolute Gasteiger partial charge is 0.308 e. The Morgan fingerprint density at radius 1 is 1.07 bits per heavy atom. The summed E-state index contributed by atoms with van der Waals surface area (Å²) in [6.07, 6.45) is 1.94. The lowest BCUT2D eigenvalue weighted by molar-refractivity contribution is -0.141. The lowest BCUT2D eigenvalue weighted by Gasteiger charge is -2.16. The highest BCUT2D eigenvalue weighted by atomic mass is 16.5. The van der Waals surface area contributed by atoms with E-state index in [-0.39, 0.29) is 18.4 Å². The van der Waals surface area contributed by atoms with E-state index < -0.39 is 11.9 Å². The van der Waals surface area contributed by atoms with E-state index in [4.69, 9.17) is 4.74 Å². The van der Waals surface area contributed by atoms with Gasteiger partial charge >= 0.3 is 5.97 Å². The van der Waals surface area contributed by atoms with E-state index in [9.17, 15) is 14.7 Å². The number of carboxylic acid groups (broad SMARTS) is 1. The zero-order valence-corrected chi connectivity index (χ0v) is 16.2. The van der Waals surface area contributed by atoms with Crippen molar-refractivity contribution in [3.63, 3.8) is 0 Å². The van der Waals surface area contributed by atoms with Gasteiger partial charge in [0.1, 0.15) is 5.75 Å². The number of hydrogen-bond donors (Lipinski definition) is 1. The molecule has 0 saturated carbocycles. The van der Waals surface area contributed by atoms with Gasteiger partial charge in [-0.1, -0.05) is 42.5 Å². The highest BCUT2D eigenvalue weighted by Crippen LogP contribution is 2.33. The topological polar surface area (TPSA) is 66.8 Å². The maximum absolute atomic E-state index is 12.6. The molecule has 2 atom stereocenters. The largest absolute Gasteiger partial charge is 0.494 e. The Balaban J connectivity index is 1.46. The van der Waals surface area contributed by atoms with Crippen LogP contribution in [0.15, 0.2) is 54.6 Å². The molecule has 0 bridgehead atoms. The Morgan fingerprint density at radius 2 is 1.86 bits per heavy atom. The number of nitrogens with zero attached hydrogens (tertiary/aromatic N) is 1. The van der Waals surface area contributed by atoms with Crippen LogP contribution in [0.4, 0.5) is 0 Å². The molecule has 1 aliphatic rings. The molecular formula is C23H27NO4. The van der Waals surface area contributed by atoms with E-state index in [0.717, 1.165) is 29.7 Å². The summed E-state index contributed by atoms with van der Waals surface area (Å²) in [6.45, 7) is 3.35. The van der Waals surface area contributed by atoms with Crippen LogP contribution in [0.1, 0.15) is 36.3 Å². The lowest BCUT2D eigenvalue weighted by Crippen LogP contribution is -2.29. The third kappa shape index (κ3) is 5.12. The number of carbonyl (C=O) groups is 2. The number of unbranched alkanes of at least 4 members (excludes halogenated alkanes) is 1. The normalized spacial score (nSPS) is 18.8. The van der Waals surface area contributed by atoms with Crippen molar-refractivity contribution in [3.05, 3.63) is 65.7 Å². The van der Waals surface area contributed by atoms with Crippen molar-refractivity contribution in [1.82, 2.24) is 4.90 Å². The molecule has 0 spiro atoms. The van der Waals surface area contributed by atoms with Gasteiger partial charge in [-0.2, -0.15) is 0 Å². The third-order valence-electron chi connectivity index (χ3n) is 5.26. The van der Waals surface area contributed by atoms with Gasteiger partial charge in [0.25, 0.3) is 0 Å². The summed E-state index contributed by atoms with van der Waals surface area (Å²) >= 11 is 0. The molecular weight excluding hydrogens is 354 g/mol. The molecule has 1 heterocycles. The molecule has 1 aliphatic heterocycles. The molecule has 3 rings (SSSR count). The number of carbonyl (C=O) groups excluding carboxylic acids is 1. The Kier molecular flexibility index (Phi) is 6.69. The van der Waals surface area contributed by atoms with Gasteiger partial charge in [0.05, 0.1) is 12.5 Å². The summed E-state index contributed by atoms with van der Waals surface area (Å²) in [5, 5.41) is 9.56. The second kappa shape index (κ2) is 9.40. The molecule has 1 amide bonds. The van der Waals surface area contributed by atoms with Crippen LogP contribution >= 0.6 is 0 Å². The van der Waals surface area contributed by atoms with Gasteiger partial charge in [-0.3, -0.25) is 9.59 Å². The molecule has 5 heteroatoms. The van der Waals surface area contributed by atoms with Crippen molar-refractivity contribution >= 4 is 11.9 Å². The van der Waals surface area contributed by atoms with Gasteiger partial charge in [0.2, 0.25) is 5.91 Å².